The fourth-order valence-electron chi connectivity index (χ4n) is 1.08. The molecule has 0 amide bonds. The molecule has 0 aliphatic heterocycles. The van der Waals surface area contributed by atoms with Crippen LogP contribution in [-0.2, 0) is 4.79 Å². The molecule has 0 atom stereocenters. The van der Waals surface area contributed by atoms with Crippen molar-refractivity contribution in [2.24, 2.45) is 0 Å². The molecule has 0 saturated heterocycles. The molecule has 4 heteroatoms. The zero-order chi connectivity index (χ0) is 11.3. The Morgan fingerprint density at radius 2 is 2.33 bits per heavy atom. The van der Waals surface area contributed by atoms with Gasteiger partial charge >= 0.3 is 5.97 Å². The van der Waals surface area contributed by atoms with Crippen LogP contribution in [0, 0.1) is 0 Å². The summed E-state index contributed by atoms with van der Waals surface area (Å²) in [6.07, 6.45) is 2.48. The lowest BCUT2D eigenvalue weighted by Crippen LogP contribution is -1.93. The Morgan fingerprint density at radius 1 is 1.60 bits per heavy atom. The highest BCUT2D eigenvalue weighted by Gasteiger charge is 2.04. The molecule has 0 aliphatic carbocycles. The van der Waals surface area contributed by atoms with Gasteiger partial charge in [-0.2, -0.15) is 0 Å². The molecule has 1 rings (SSSR count). The van der Waals surface area contributed by atoms with Gasteiger partial charge in [0, 0.05) is 6.08 Å². The summed E-state index contributed by atoms with van der Waals surface area (Å²) in [6, 6.07) is 5.23. The minimum Gasteiger partial charge on any atom is -0.492 e. The average molecular weight is 227 g/mol. The standard InChI is InChI=1S/C11H11ClO3/c1-2-15-9-5-3-4-8(11(9)12)6-7-10(13)14/h3-7H,2H2,1H3,(H,13,14). The monoisotopic (exact) mass is 226 g/mol. The maximum atomic E-state index is 10.3. The van der Waals surface area contributed by atoms with Gasteiger partial charge in [-0.25, -0.2) is 4.79 Å². The third kappa shape index (κ3) is 3.29. The molecule has 1 N–H and O–H groups in total. The molecular formula is C11H11ClO3. The number of carbonyl (C=O) groups is 1. The van der Waals surface area contributed by atoms with Crippen LogP contribution in [-0.4, -0.2) is 17.7 Å². The molecule has 1 aromatic rings. The normalized spacial score (nSPS) is 10.5. The van der Waals surface area contributed by atoms with E-state index in [9.17, 15) is 4.79 Å². The van der Waals surface area contributed by atoms with Crippen LogP contribution in [0.5, 0.6) is 5.75 Å². The molecule has 0 bridgehead atoms. The first-order chi connectivity index (χ1) is 7.15. The molecule has 0 heterocycles. The highest BCUT2D eigenvalue weighted by atomic mass is 35.5. The number of carboxylic acids is 1. The van der Waals surface area contributed by atoms with E-state index >= 15 is 0 Å². The molecule has 0 fully saturated rings. The zero-order valence-electron chi connectivity index (χ0n) is 8.24. The van der Waals surface area contributed by atoms with Crippen LogP contribution in [0.4, 0.5) is 0 Å². The lowest BCUT2D eigenvalue weighted by molar-refractivity contribution is -0.131. The van der Waals surface area contributed by atoms with Crippen molar-refractivity contribution in [1.82, 2.24) is 0 Å². The minimum atomic E-state index is -1.01. The van der Waals surface area contributed by atoms with E-state index in [4.69, 9.17) is 21.4 Å². The van der Waals surface area contributed by atoms with Crippen molar-refractivity contribution in [3.63, 3.8) is 0 Å². The molecule has 15 heavy (non-hydrogen) atoms. The highest BCUT2D eigenvalue weighted by Crippen LogP contribution is 2.28. The number of carboxylic acid groups (broad SMARTS) is 1. The van der Waals surface area contributed by atoms with Gasteiger partial charge in [-0.15, -0.1) is 0 Å². The van der Waals surface area contributed by atoms with Gasteiger partial charge in [0.25, 0.3) is 0 Å². The summed E-state index contributed by atoms with van der Waals surface area (Å²) < 4.78 is 5.27. The van der Waals surface area contributed by atoms with E-state index in [-0.39, 0.29) is 0 Å². The van der Waals surface area contributed by atoms with E-state index in [0.717, 1.165) is 6.08 Å². The van der Waals surface area contributed by atoms with Crippen molar-refractivity contribution in [2.75, 3.05) is 6.61 Å². The van der Waals surface area contributed by atoms with Gasteiger partial charge in [-0.1, -0.05) is 23.7 Å². The van der Waals surface area contributed by atoms with Crippen molar-refractivity contribution >= 4 is 23.6 Å². The first-order valence-corrected chi connectivity index (χ1v) is 4.85. The molecule has 0 radical (unpaired) electrons. The number of ether oxygens (including phenoxy) is 1. The van der Waals surface area contributed by atoms with Crippen LogP contribution in [0.1, 0.15) is 12.5 Å². The van der Waals surface area contributed by atoms with E-state index in [1.54, 1.807) is 18.2 Å². The van der Waals surface area contributed by atoms with Crippen molar-refractivity contribution in [3.05, 3.63) is 34.9 Å². The fraction of sp³-hybridized carbons (Fsp3) is 0.182. The Morgan fingerprint density at radius 3 is 2.93 bits per heavy atom. The summed E-state index contributed by atoms with van der Waals surface area (Å²) in [4.78, 5) is 10.3. The second-order valence-corrected chi connectivity index (χ2v) is 3.14. The Balaban J connectivity index is 2.98. The van der Waals surface area contributed by atoms with E-state index in [1.807, 2.05) is 6.92 Å². The molecule has 1 aromatic carbocycles. The molecule has 0 aliphatic rings. The minimum absolute atomic E-state index is 0.428. The lowest BCUT2D eigenvalue weighted by atomic mass is 10.2. The summed E-state index contributed by atoms with van der Waals surface area (Å²) >= 11 is 6.00. The van der Waals surface area contributed by atoms with Crippen LogP contribution >= 0.6 is 11.6 Å². The summed E-state index contributed by atoms with van der Waals surface area (Å²) in [5.41, 5.74) is 0.630. The Bertz CT molecular complexity index is 385. The SMILES string of the molecule is CCOc1cccc(C=CC(=O)O)c1Cl. The molecule has 0 spiro atoms. The predicted octanol–water partition coefficient (Wildman–Crippen LogP) is 2.84. The van der Waals surface area contributed by atoms with E-state index in [0.29, 0.717) is 22.9 Å². The average Bonchev–Trinajstić information content (AvgIpc) is 2.19. The zero-order valence-corrected chi connectivity index (χ0v) is 8.99. The molecule has 0 unspecified atom stereocenters. The Hall–Kier alpha value is -1.48. The van der Waals surface area contributed by atoms with Gasteiger partial charge in [-0.05, 0) is 24.6 Å². The van der Waals surface area contributed by atoms with Crippen LogP contribution in [0.15, 0.2) is 24.3 Å². The van der Waals surface area contributed by atoms with Gasteiger partial charge in [0.2, 0.25) is 0 Å². The maximum absolute atomic E-state index is 10.3. The van der Waals surface area contributed by atoms with Crippen molar-refractivity contribution < 1.29 is 14.6 Å². The van der Waals surface area contributed by atoms with Crippen molar-refractivity contribution in [3.8, 4) is 5.75 Å². The van der Waals surface area contributed by atoms with Gasteiger partial charge in [-0.3, -0.25) is 0 Å². The third-order valence-electron chi connectivity index (χ3n) is 1.70. The Kier molecular flexibility index (Phi) is 4.18. The van der Waals surface area contributed by atoms with Gasteiger partial charge in [0.15, 0.2) is 0 Å². The number of hydrogen-bond acceptors (Lipinski definition) is 2. The van der Waals surface area contributed by atoms with E-state index < -0.39 is 5.97 Å². The van der Waals surface area contributed by atoms with Crippen LogP contribution in [0.3, 0.4) is 0 Å². The third-order valence-corrected chi connectivity index (χ3v) is 2.10. The number of aliphatic carboxylic acids is 1. The molecule has 0 aromatic heterocycles. The quantitative estimate of drug-likeness (QED) is 0.803. The maximum Gasteiger partial charge on any atom is 0.328 e. The molecule has 3 nitrogen and oxygen atoms in total. The summed E-state index contributed by atoms with van der Waals surface area (Å²) in [5, 5.41) is 8.90. The van der Waals surface area contributed by atoms with Crippen molar-refractivity contribution in [1.29, 1.82) is 0 Å². The number of hydrogen-bond donors (Lipinski definition) is 1. The van der Waals surface area contributed by atoms with Gasteiger partial charge < -0.3 is 9.84 Å². The first-order valence-electron chi connectivity index (χ1n) is 4.47. The second kappa shape index (κ2) is 5.41. The van der Waals surface area contributed by atoms with Gasteiger partial charge in [0.1, 0.15) is 5.75 Å². The number of halogens is 1. The number of benzene rings is 1. The van der Waals surface area contributed by atoms with Crippen LogP contribution in [0.2, 0.25) is 5.02 Å². The summed E-state index contributed by atoms with van der Waals surface area (Å²) in [5.74, 6) is -0.445. The molecular weight excluding hydrogens is 216 g/mol. The van der Waals surface area contributed by atoms with Crippen molar-refractivity contribution in [2.45, 2.75) is 6.92 Å². The van der Waals surface area contributed by atoms with E-state index in [2.05, 4.69) is 0 Å². The smallest absolute Gasteiger partial charge is 0.328 e. The van der Waals surface area contributed by atoms with Crippen LogP contribution < -0.4 is 4.74 Å². The molecule has 80 valence electrons. The summed E-state index contributed by atoms with van der Waals surface area (Å²) in [7, 11) is 0. The first kappa shape index (κ1) is 11.6. The van der Waals surface area contributed by atoms with Gasteiger partial charge in [0.05, 0.1) is 11.6 Å². The molecule has 0 saturated carbocycles. The fourth-order valence-corrected chi connectivity index (χ4v) is 1.33. The van der Waals surface area contributed by atoms with Crippen LogP contribution in [0.25, 0.3) is 6.08 Å². The lowest BCUT2D eigenvalue weighted by Gasteiger charge is -2.06. The summed E-state index contributed by atoms with van der Waals surface area (Å²) in [6.45, 7) is 2.38. The number of rotatable bonds is 4. The predicted molar refractivity (Wildman–Crippen MR) is 59.3 cm³/mol. The Labute approximate surface area is 92.9 Å². The largest absolute Gasteiger partial charge is 0.492 e. The topological polar surface area (TPSA) is 46.5 Å². The second-order valence-electron chi connectivity index (χ2n) is 2.76. The van der Waals surface area contributed by atoms with E-state index in [1.165, 1.54) is 6.08 Å². The highest BCUT2D eigenvalue weighted by molar-refractivity contribution is 6.33.